The minimum atomic E-state index is -0.932. The van der Waals surface area contributed by atoms with E-state index < -0.39 is 23.2 Å². The maximum Gasteiger partial charge on any atom is 0.307 e. The Morgan fingerprint density at radius 3 is 2.44 bits per heavy atom. The van der Waals surface area contributed by atoms with Crippen molar-refractivity contribution in [3.63, 3.8) is 0 Å². The number of nitrogens with zero attached hydrogens (tertiary/aromatic N) is 1. The third-order valence-corrected chi connectivity index (χ3v) is 3.18. The number of amides is 1. The van der Waals surface area contributed by atoms with E-state index in [4.69, 9.17) is 10.4 Å². The molecule has 5 nitrogen and oxygen atoms in total. The molecule has 0 aliphatic heterocycles. The highest BCUT2D eigenvalue weighted by molar-refractivity contribution is 5.91. The molecule has 16 heavy (non-hydrogen) atoms. The highest BCUT2D eigenvalue weighted by Crippen LogP contribution is 2.58. The largest absolute Gasteiger partial charge is 0.481 e. The molecule has 1 fully saturated rings. The molecule has 1 saturated carbocycles. The Labute approximate surface area is 94.4 Å². The molecule has 1 aliphatic rings. The summed E-state index contributed by atoms with van der Waals surface area (Å²) >= 11 is 0. The molecule has 3 unspecified atom stereocenters. The molecule has 0 spiro atoms. The summed E-state index contributed by atoms with van der Waals surface area (Å²) in [6.45, 7) is 5.51. The molecule has 0 heterocycles. The van der Waals surface area contributed by atoms with Crippen molar-refractivity contribution in [2.75, 3.05) is 6.54 Å². The zero-order chi connectivity index (χ0) is 12.5. The summed E-state index contributed by atoms with van der Waals surface area (Å²) in [6.07, 6.45) is 0. The smallest absolute Gasteiger partial charge is 0.307 e. The highest BCUT2D eigenvalue weighted by Gasteiger charge is 2.65. The van der Waals surface area contributed by atoms with Crippen LogP contribution in [0.4, 0.5) is 0 Å². The number of aliphatic carboxylic acids is 1. The number of carboxylic acid groups (broad SMARTS) is 1. The summed E-state index contributed by atoms with van der Waals surface area (Å²) in [4.78, 5) is 22.5. The van der Waals surface area contributed by atoms with Gasteiger partial charge < -0.3 is 10.4 Å². The molecule has 5 heteroatoms. The number of carbonyl (C=O) groups excluding carboxylic acids is 1. The Hall–Kier alpha value is -1.57. The minimum Gasteiger partial charge on any atom is -0.481 e. The van der Waals surface area contributed by atoms with Gasteiger partial charge in [0.25, 0.3) is 0 Å². The second kappa shape index (κ2) is 4.12. The quantitative estimate of drug-likeness (QED) is 0.732. The number of carboxylic acids is 1. The third-order valence-electron chi connectivity index (χ3n) is 3.18. The zero-order valence-electron chi connectivity index (χ0n) is 9.65. The third kappa shape index (κ3) is 2.16. The molecule has 1 aliphatic carbocycles. The van der Waals surface area contributed by atoms with Crippen LogP contribution in [0.2, 0.25) is 0 Å². The van der Waals surface area contributed by atoms with E-state index in [0.717, 1.165) is 0 Å². The van der Waals surface area contributed by atoms with Gasteiger partial charge in [-0.05, 0) is 12.3 Å². The fraction of sp³-hybridized carbons (Fsp3) is 0.727. The van der Waals surface area contributed by atoms with Gasteiger partial charge in [0.2, 0.25) is 5.91 Å². The molecule has 0 saturated heterocycles. The van der Waals surface area contributed by atoms with Crippen LogP contribution in [-0.4, -0.2) is 23.5 Å². The normalized spacial score (nSPS) is 27.6. The summed E-state index contributed by atoms with van der Waals surface area (Å²) in [5.41, 5.74) is -0.480. The van der Waals surface area contributed by atoms with Gasteiger partial charge in [-0.15, -0.1) is 0 Å². The van der Waals surface area contributed by atoms with E-state index in [1.807, 2.05) is 6.07 Å². The van der Waals surface area contributed by atoms with Crippen LogP contribution in [0, 0.1) is 34.5 Å². The Balaban J connectivity index is 2.52. The Kier molecular flexibility index (Phi) is 3.22. The average Bonchev–Trinajstić information content (AvgIpc) is 2.77. The van der Waals surface area contributed by atoms with Gasteiger partial charge in [-0.25, -0.2) is 0 Å². The molecule has 88 valence electrons. The molecule has 3 atom stereocenters. The molecular formula is C11H16N2O3. The van der Waals surface area contributed by atoms with Gasteiger partial charge in [0.05, 0.1) is 23.8 Å². The maximum atomic E-state index is 11.7. The number of rotatable bonds is 4. The van der Waals surface area contributed by atoms with Gasteiger partial charge in [-0.1, -0.05) is 13.8 Å². The molecule has 2 N–H and O–H groups in total. The standard InChI is InChI=1S/C11H16N2O3/c1-6(4-12)5-13-9(14)7-8(10(15)16)11(7,2)3/h6-8H,5H2,1-3H3,(H,13,14)(H,15,16). The topological polar surface area (TPSA) is 90.2 Å². The maximum absolute atomic E-state index is 11.7. The van der Waals surface area contributed by atoms with E-state index >= 15 is 0 Å². The Bertz CT molecular complexity index is 357. The minimum absolute atomic E-state index is 0.255. The summed E-state index contributed by atoms with van der Waals surface area (Å²) in [5.74, 6) is -2.53. The van der Waals surface area contributed by atoms with Crippen LogP contribution in [0.5, 0.6) is 0 Å². The van der Waals surface area contributed by atoms with Gasteiger partial charge in [-0.3, -0.25) is 9.59 Å². The first kappa shape index (κ1) is 12.5. The number of nitrogens with one attached hydrogen (secondary N) is 1. The monoisotopic (exact) mass is 224 g/mol. The van der Waals surface area contributed by atoms with Crippen LogP contribution in [0.25, 0.3) is 0 Å². The Morgan fingerprint density at radius 2 is 2.06 bits per heavy atom. The molecule has 0 aromatic heterocycles. The van der Waals surface area contributed by atoms with E-state index in [9.17, 15) is 9.59 Å². The van der Waals surface area contributed by atoms with E-state index in [1.165, 1.54) is 0 Å². The zero-order valence-corrected chi connectivity index (χ0v) is 9.65. The van der Waals surface area contributed by atoms with Crippen LogP contribution in [0.3, 0.4) is 0 Å². The van der Waals surface area contributed by atoms with Gasteiger partial charge >= 0.3 is 5.97 Å². The van der Waals surface area contributed by atoms with Crippen LogP contribution in [0.1, 0.15) is 20.8 Å². The van der Waals surface area contributed by atoms with Crippen LogP contribution >= 0.6 is 0 Å². The lowest BCUT2D eigenvalue weighted by molar-refractivity contribution is -0.140. The van der Waals surface area contributed by atoms with E-state index in [0.29, 0.717) is 0 Å². The van der Waals surface area contributed by atoms with E-state index in [-0.39, 0.29) is 18.4 Å². The van der Waals surface area contributed by atoms with Crippen molar-refractivity contribution in [3.8, 4) is 6.07 Å². The first-order valence-corrected chi connectivity index (χ1v) is 5.22. The van der Waals surface area contributed by atoms with Gasteiger partial charge in [0.1, 0.15) is 0 Å². The van der Waals surface area contributed by atoms with Crippen molar-refractivity contribution in [3.05, 3.63) is 0 Å². The number of hydrogen-bond acceptors (Lipinski definition) is 3. The van der Waals surface area contributed by atoms with Crippen molar-refractivity contribution >= 4 is 11.9 Å². The average molecular weight is 224 g/mol. The molecule has 0 aromatic rings. The fourth-order valence-electron chi connectivity index (χ4n) is 2.00. The number of hydrogen-bond donors (Lipinski definition) is 2. The molecule has 0 radical (unpaired) electrons. The van der Waals surface area contributed by atoms with Crippen molar-refractivity contribution < 1.29 is 14.7 Å². The molecular weight excluding hydrogens is 208 g/mol. The molecule has 1 amide bonds. The van der Waals surface area contributed by atoms with Crippen molar-refractivity contribution in [2.24, 2.45) is 23.2 Å². The lowest BCUT2D eigenvalue weighted by atomic mass is 10.1. The summed E-state index contributed by atoms with van der Waals surface area (Å²) in [7, 11) is 0. The fourth-order valence-corrected chi connectivity index (χ4v) is 2.00. The van der Waals surface area contributed by atoms with Crippen molar-refractivity contribution in [2.45, 2.75) is 20.8 Å². The number of carbonyl (C=O) groups is 2. The first-order chi connectivity index (χ1) is 7.32. The summed E-state index contributed by atoms with van der Waals surface area (Å²) in [6, 6.07) is 2.00. The van der Waals surface area contributed by atoms with Gasteiger partial charge in [-0.2, -0.15) is 5.26 Å². The Morgan fingerprint density at radius 1 is 1.50 bits per heavy atom. The van der Waals surface area contributed by atoms with Crippen molar-refractivity contribution in [1.29, 1.82) is 5.26 Å². The lowest BCUT2D eigenvalue weighted by Crippen LogP contribution is -2.30. The van der Waals surface area contributed by atoms with Crippen molar-refractivity contribution in [1.82, 2.24) is 5.32 Å². The molecule has 0 aromatic carbocycles. The van der Waals surface area contributed by atoms with Crippen LogP contribution in [-0.2, 0) is 9.59 Å². The highest BCUT2D eigenvalue weighted by atomic mass is 16.4. The van der Waals surface area contributed by atoms with Gasteiger partial charge in [0, 0.05) is 6.54 Å². The second-order valence-electron chi connectivity index (χ2n) is 4.89. The molecule has 0 bridgehead atoms. The SMILES string of the molecule is CC(C#N)CNC(=O)C1C(C(=O)O)C1(C)C. The first-order valence-electron chi connectivity index (χ1n) is 5.22. The van der Waals surface area contributed by atoms with Crippen LogP contribution in [0.15, 0.2) is 0 Å². The van der Waals surface area contributed by atoms with Gasteiger partial charge in [0.15, 0.2) is 0 Å². The summed E-state index contributed by atoms with van der Waals surface area (Å²) in [5, 5.41) is 20.1. The lowest BCUT2D eigenvalue weighted by Gasteiger charge is -2.06. The predicted molar refractivity (Wildman–Crippen MR) is 56.2 cm³/mol. The number of nitriles is 1. The van der Waals surface area contributed by atoms with E-state index in [2.05, 4.69) is 5.32 Å². The second-order valence-corrected chi connectivity index (χ2v) is 4.89. The van der Waals surface area contributed by atoms with E-state index in [1.54, 1.807) is 20.8 Å². The summed E-state index contributed by atoms with van der Waals surface area (Å²) < 4.78 is 0. The molecule has 1 rings (SSSR count). The predicted octanol–water partition coefficient (Wildman–Crippen LogP) is 0.619. The van der Waals surface area contributed by atoms with Crippen LogP contribution < -0.4 is 5.32 Å².